The van der Waals surface area contributed by atoms with Gasteiger partial charge in [0.25, 0.3) is 0 Å². The average Bonchev–Trinajstić information content (AvgIpc) is 3.02. The zero-order valence-corrected chi connectivity index (χ0v) is 12.3. The minimum Gasteiger partial charge on any atom is -0.396 e. The molecule has 5 heteroatoms. The molecule has 0 aromatic carbocycles. The summed E-state index contributed by atoms with van der Waals surface area (Å²) >= 11 is 7.31. The second-order valence-corrected chi connectivity index (χ2v) is 6.42. The van der Waals surface area contributed by atoms with Crippen LogP contribution in [0.25, 0.3) is 6.08 Å². The van der Waals surface area contributed by atoms with E-state index in [0.717, 1.165) is 41.4 Å². The average molecular weight is 300 g/mol. The molecule has 19 heavy (non-hydrogen) atoms. The molecular formula is C14H18ClNO2S. The number of carbonyl (C=O) groups excluding carboxylic acids is 1. The summed E-state index contributed by atoms with van der Waals surface area (Å²) < 4.78 is 0.731. The number of aliphatic hydroxyl groups excluding tert-OH is 1. The summed E-state index contributed by atoms with van der Waals surface area (Å²) in [5, 5.41) is 8.88. The number of likely N-dealkylation sites (tertiary alicyclic amines) is 1. The van der Waals surface area contributed by atoms with Gasteiger partial charge in [-0.3, -0.25) is 4.79 Å². The van der Waals surface area contributed by atoms with Gasteiger partial charge in [0.15, 0.2) is 0 Å². The summed E-state index contributed by atoms with van der Waals surface area (Å²) in [6.07, 6.45) is 7.20. The Balaban J connectivity index is 1.93. The van der Waals surface area contributed by atoms with Crippen molar-refractivity contribution in [3.8, 4) is 0 Å². The van der Waals surface area contributed by atoms with Crippen LogP contribution in [0.3, 0.4) is 0 Å². The Labute approximate surface area is 122 Å². The van der Waals surface area contributed by atoms with Crippen LogP contribution in [0.5, 0.6) is 0 Å². The van der Waals surface area contributed by atoms with Gasteiger partial charge in [0.1, 0.15) is 0 Å². The van der Waals surface area contributed by atoms with Gasteiger partial charge < -0.3 is 10.0 Å². The molecule has 1 unspecified atom stereocenters. The maximum Gasteiger partial charge on any atom is 0.246 e. The van der Waals surface area contributed by atoms with Gasteiger partial charge in [-0.05, 0) is 43.9 Å². The largest absolute Gasteiger partial charge is 0.396 e. The standard InChI is InChI=1S/C14H18ClNO2S/c15-13-7-5-12(19-13)6-8-14(18)16-9-1-3-11(16)4-2-10-17/h5-8,11,17H,1-4,9-10H2. The molecule has 1 aliphatic heterocycles. The highest BCUT2D eigenvalue weighted by atomic mass is 35.5. The second kappa shape index (κ2) is 7.08. The maximum absolute atomic E-state index is 12.1. The topological polar surface area (TPSA) is 40.5 Å². The van der Waals surface area contributed by atoms with Crippen molar-refractivity contribution in [2.45, 2.75) is 31.7 Å². The smallest absolute Gasteiger partial charge is 0.246 e. The highest BCUT2D eigenvalue weighted by molar-refractivity contribution is 7.17. The third-order valence-corrected chi connectivity index (χ3v) is 4.54. The number of hydrogen-bond acceptors (Lipinski definition) is 3. The Morgan fingerprint density at radius 2 is 2.42 bits per heavy atom. The summed E-state index contributed by atoms with van der Waals surface area (Å²) in [6.45, 7) is 1.02. The molecule has 1 amide bonds. The monoisotopic (exact) mass is 299 g/mol. The van der Waals surface area contributed by atoms with Gasteiger partial charge in [-0.2, -0.15) is 0 Å². The molecule has 1 atom stereocenters. The predicted octanol–water partition coefficient (Wildman–Crippen LogP) is 3.18. The summed E-state index contributed by atoms with van der Waals surface area (Å²) in [4.78, 5) is 15.1. The molecule has 0 bridgehead atoms. The van der Waals surface area contributed by atoms with Crippen LogP contribution in [-0.2, 0) is 4.79 Å². The van der Waals surface area contributed by atoms with Crippen molar-refractivity contribution < 1.29 is 9.90 Å². The molecule has 104 valence electrons. The fourth-order valence-corrected chi connectivity index (χ4v) is 3.38. The number of amides is 1. The first-order chi connectivity index (χ1) is 9.20. The van der Waals surface area contributed by atoms with Crippen LogP contribution in [0.2, 0.25) is 4.34 Å². The SMILES string of the molecule is O=C(C=Cc1ccc(Cl)s1)N1CCCC1CCCO. The first-order valence-corrected chi connectivity index (χ1v) is 7.75. The van der Waals surface area contributed by atoms with E-state index in [4.69, 9.17) is 16.7 Å². The highest BCUT2D eigenvalue weighted by Gasteiger charge is 2.26. The highest BCUT2D eigenvalue weighted by Crippen LogP contribution is 2.24. The number of hydrogen-bond donors (Lipinski definition) is 1. The third-order valence-electron chi connectivity index (χ3n) is 3.34. The number of nitrogens with zero attached hydrogens (tertiary/aromatic N) is 1. The van der Waals surface area contributed by atoms with Crippen LogP contribution in [0.1, 0.15) is 30.6 Å². The number of aliphatic hydroxyl groups is 1. The lowest BCUT2D eigenvalue weighted by molar-refractivity contribution is -0.126. The second-order valence-electron chi connectivity index (χ2n) is 4.67. The maximum atomic E-state index is 12.1. The van der Waals surface area contributed by atoms with Gasteiger partial charge in [-0.25, -0.2) is 0 Å². The van der Waals surface area contributed by atoms with Crippen molar-refractivity contribution in [3.05, 3.63) is 27.4 Å². The molecule has 3 nitrogen and oxygen atoms in total. The Kier molecular flexibility index (Phi) is 5.43. The van der Waals surface area contributed by atoms with Crippen molar-refractivity contribution in [2.75, 3.05) is 13.2 Å². The van der Waals surface area contributed by atoms with Crippen LogP contribution in [-0.4, -0.2) is 35.1 Å². The molecule has 2 heterocycles. The summed E-state index contributed by atoms with van der Waals surface area (Å²) in [5.41, 5.74) is 0. The van der Waals surface area contributed by atoms with Crippen molar-refractivity contribution in [3.63, 3.8) is 0 Å². The van der Waals surface area contributed by atoms with Crippen LogP contribution in [0.4, 0.5) is 0 Å². The molecule has 1 aliphatic rings. The van der Waals surface area contributed by atoms with Gasteiger partial charge >= 0.3 is 0 Å². The van der Waals surface area contributed by atoms with Crippen LogP contribution in [0, 0.1) is 0 Å². The Bertz CT molecular complexity index is 458. The van der Waals surface area contributed by atoms with Gasteiger partial charge in [0, 0.05) is 30.1 Å². The Morgan fingerprint density at radius 3 is 3.11 bits per heavy atom. The zero-order chi connectivity index (χ0) is 13.7. The van der Waals surface area contributed by atoms with E-state index >= 15 is 0 Å². The number of rotatable bonds is 5. The third kappa shape index (κ3) is 4.06. The number of thiophene rings is 1. The Morgan fingerprint density at radius 1 is 1.58 bits per heavy atom. The fraction of sp³-hybridized carbons (Fsp3) is 0.500. The Hall–Kier alpha value is -0.840. The molecule has 0 radical (unpaired) electrons. The zero-order valence-electron chi connectivity index (χ0n) is 10.7. The fourth-order valence-electron chi connectivity index (χ4n) is 2.42. The van der Waals surface area contributed by atoms with Gasteiger partial charge in [0.05, 0.1) is 4.34 Å². The van der Waals surface area contributed by atoms with Gasteiger partial charge in [-0.1, -0.05) is 11.6 Å². The van der Waals surface area contributed by atoms with Crippen LogP contribution < -0.4 is 0 Å². The lowest BCUT2D eigenvalue weighted by Gasteiger charge is -2.23. The summed E-state index contributed by atoms with van der Waals surface area (Å²) in [5.74, 6) is 0.0602. The van der Waals surface area contributed by atoms with Gasteiger partial charge in [-0.15, -0.1) is 11.3 Å². The minimum atomic E-state index is 0.0602. The molecule has 0 saturated carbocycles. The first kappa shape index (κ1) is 14.6. The molecule has 1 aromatic rings. The van der Waals surface area contributed by atoms with E-state index in [1.54, 1.807) is 6.08 Å². The molecule has 2 rings (SSSR count). The quantitative estimate of drug-likeness (QED) is 0.848. The summed E-state index contributed by atoms with van der Waals surface area (Å²) in [7, 11) is 0. The van der Waals surface area contributed by atoms with Crippen molar-refractivity contribution in [1.29, 1.82) is 0 Å². The molecule has 0 aliphatic carbocycles. The summed E-state index contributed by atoms with van der Waals surface area (Å²) in [6, 6.07) is 4.02. The molecule has 0 spiro atoms. The van der Waals surface area contributed by atoms with Gasteiger partial charge in [0.2, 0.25) is 5.91 Å². The van der Waals surface area contributed by atoms with E-state index < -0.39 is 0 Å². The van der Waals surface area contributed by atoms with Crippen molar-refractivity contribution in [2.24, 2.45) is 0 Å². The molecule has 1 saturated heterocycles. The van der Waals surface area contributed by atoms with E-state index in [2.05, 4.69) is 0 Å². The van der Waals surface area contributed by atoms with Crippen LogP contribution >= 0.6 is 22.9 Å². The van der Waals surface area contributed by atoms with E-state index in [-0.39, 0.29) is 18.6 Å². The lowest BCUT2D eigenvalue weighted by atomic mass is 10.1. The van der Waals surface area contributed by atoms with E-state index in [1.165, 1.54) is 11.3 Å². The van der Waals surface area contributed by atoms with Crippen LogP contribution in [0.15, 0.2) is 18.2 Å². The first-order valence-electron chi connectivity index (χ1n) is 6.55. The molecule has 1 N–H and O–H groups in total. The van der Waals surface area contributed by atoms with E-state index in [0.29, 0.717) is 0 Å². The molecular weight excluding hydrogens is 282 g/mol. The van der Waals surface area contributed by atoms with Crippen molar-refractivity contribution >= 4 is 34.9 Å². The lowest BCUT2D eigenvalue weighted by Crippen LogP contribution is -2.34. The number of halogens is 1. The van der Waals surface area contributed by atoms with E-state index in [9.17, 15) is 4.79 Å². The molecule has 1 aromatic heterocycles. The van der Waals surface area contributed by atoms with E-state index in [1.807, 2.05) is 23.1 Å². The van der Waals surface area contributed by atoms with Crippen molar-refractivity contribution in [1.82, 2.24) is 4.90 Å². The normalized spacial score (nSPS) is 19.5. The minimum absolute atomic E-state index is 0.0602. The predicted molar refractivity (Wildman–Crippen MR) is 79.4 cm³/mol. The number of carbonyl (C=O) groups is 1. The molecule has 1 fully saturated rings.